The summed E-state index contributed by atoms with van der Waals surface area (Å²) in [5.74, 6) is -2.55. The molecular weight excluding hydrogens is 448 g/mol. The number of aliphatic imine (C=N–C) groups is 1. The van der Waals surface area contributed by atoms with E-state index in [0.29, 0.717) is 51.7 Å². The Morgan fingerprint density at radius 2 is 1.59 bits per heavy atom. The van der Waals surface area contributed by atoms with Gasteiger partial charge in [-0.3, -0.25) is 29.0 Å². The van der Waals surface area contributed by atoms with Gasteiger partial charge in [0.1, 0.15) is 18.1 Å². The Labute approximate surface area is 198 Å². The number of carbonyl (C=O) groups excluding carboxylic acids is 4. The quantitative estimate of drug-likeness (QED) is 0.111. The van der Waals surface area contributed by atoms with E-state index in [0.717, 1.165) is 6.92 Å². The van der Waals surface area contributed by atoms with Gasteiger partial charge in [0.05, 0.1) is 6.54 Å². The first-order chi connectivity index (χ1) is 16.0. The van der Waals surface area contributed by atoms with E-state index in [-0.39, 0.29) is 30.7 Å². The van der Waals surface area contributed by atoms with E-state index < -0.39 is 35.9 Å². The molecule has 0 aromatic rings. The van der Waals surface area contributed by atoms with Crippen molar-refractivity contribution >= 4 is 35.6 Å². The molecule has 0 radical (unpaired) electrons. The van der Waals surface area contributed by atoms with Gasteiger partial charge < -0.3 is 43.2 Å². The molecule has 192 valence electrons. The number of primary amides is 1. The summed E-state index contributed by atoms with van der Waals surface area (Å²) in [7, 11) is 0. The number of amides is 4. The molecule has 0 saturated carbocycles. The first-order valence-electron chi connectivity index (χ1n) is 11.1. The number of hydrogen-bond donors (Lipinski definition) is 6. The fourth-order valence-electron chi connectivity index (χ4n) is 4.01. The third-order valence-corrected chi connectivity index (χ3v) is 5.47. The van der Waals surface area contributed by atoms with Gasteiger partial charge in [0.2, 0.25) is 23.6 Å². The topological polar surface area (TPSA) is 241 Å². The highest BCUT2D eigenvalue weighted by Gasteiger charge is 2.39. The summed E-state index contributed by atoms with van der Waals surface area (Å²) in [4.78, 5) is 65.5. The normalized spacial score (nSPS) is 20.1. The van der Waals surface area contributed by atoms with E-state index in [1.807, 2.05) is 0 Å². The van der Waals surface area contributed by atoms with Crippen LogP contribution >= 0.6 is 0 Å². The fraction of sp³-hybridized carbons (Fsp3) is 0.700. The maximum Gasteiger partial charge on any atom is 0.300 e. The van der Waals surface area contributed by atoms with Crippen LogP contribution in [0, 0.1) is 0 Å². The van der Waals surface area contributed by atoms with E-state index in [9.17, 15) is 19.2 Å². The number of hydrogen-bond acceptors (Lipinski definition) is 7. The van der Waals surface area contributed by atoms with Crippen molar-refractivity contribution in [3.05, 3.63) is 0 Å². The number of nitrogens with two attached hydrogens (primary N) is 4. The number of carbonyl (C=O) groups is 5. The van der Waals surface area contributed by atoms with Crippen molar-refractivity contribution in [2.24, 2.45) is 27.9 Å². The lowest BCUT2D eigenvalue weighted by Gasteiger charge is -2.30. The number of aliphatic carboxylic acids is 1. The summed E-state index contributed by atoms with van der Waals surface area (Å²) in [6, 6.07) is -2.22. The molecule has 2 aliphatic heterocycles. The molecule has 0 aliphatic carbocycles. The molecule has 2 rings (SSSR count). The first kappa shape index (κ1) is 28.6. The Hall–Kier alpha value is -3.42. The van der Waals surface area contributed by atoms with Crippen LogP contribution in [-0.4, -0.2) is 94.8 Å². The van der Waals surface area contributed by atoms with Crippen molar-refractivity contribution in [2.75, 3.05) is 26.2 Å². The molecule has 3 atom stereocenters. The molecule has 2 aliphatic rings. The van der Waals surface area contributed by atoms with Crippen molar-refractivity contribution in [1.29, 1.82) is 0 Å². The lowest BCUT2D eigenvalue weighted by Crippen LogP contribution is -2.56. The minimum absolute atomic E-state index is 0.0582. The molecule has 0 unspecified atom stereocenters. The largest absolute Gasteiger partial charge is 0.481 e. The predicted molar refractivity (Wildman–Crippen MR) is 123 cm³/mol. The maximum atomic E-state index is 13.1. The van der Waals surface area contributed by atoms with Gasteiger partial charge in [-0.2, -0.15) is 0 Å². The zero-order valence-corrected chi connectivity index (χ0v) is 19.4. The highest BCUT2D eigenvalue weighted by Crippen LogP contribution is 2.21. The predicted octanol–water partition coefficient (Wildman–Crippen LogP) is -2.96. The van der Waals surface area contributed by atoms with Gasteiger partial charge in [-0.15, -0.1) is 0 Å². The molecule has 10 N–H and O–H groups in total. The molecule has 14 nitrogen and oxygen atoms in total. The van der Waals surface area contributed by atoms with Crippen molar-refractivity contribution in [2.45, 2.75) is 63.6 Å². The van der Waals surface area contributed by atoms with Crippen LogP contribution in [0.3, 0.4) is 0 Å². The van der Waals surface area contributed by atoms with Crippen LogP contribution in [0.5, 0.6) is 0 Å². The Morgan fingerprint density at radius 3 is 2.12 bits per heavy atom. The summed E-state index contributed by atoms with van der Waals surface area (Å²) in [6.45, 7) is 2.04. The Kier molecular flexibility index (Phi) is 11.8. The van der Waals surface area contributed by atoms with E-state index in [1.165, 1.54) is 9.80 Å². The highest BCUT2D eigenvalue weighted by molar-refractivity contribution is 5.94. The number of nitrogens with one attached hydrogen (secondary N) is 1. The van der Waals surface area contributed by atoms with Gasteiger partial charge in [0, 0.05) is 26.6 Å². The van der Waals surface area contributed by atoms with E-state index in [4.69, 9.17) is 32.8 Å². The van der Waals surface area contributed by atoms with Crippen LogP contribution in [0.1, 0.15) is 45.4 Å². The van der Waals surface area contributed by atoms with E-state index in [2.05, 4.69) is 10.3 Å². The van der Waals surface area contributed by atoms with Gasteiger partial charge in [-0.25, -0.2) is 0 Å². The molecule has 0 bridgehead atoms. The van der Waals surface area contributed by atoms with Gasteiger partial charge >= 0.3 is 0 Å². The van der Waals surface area contributed by atoms with Crippen LogP contribution < -0.4 is 28.3 Å². The minimum Gasteiger partial charge on any atom is -0.481 e. The van der Waals surface area contributed by atoms with E-state index in [1.54, 1.807) is 0 Å². The Bertz CT molecular complexity index is 781. The number of guanidine groups is 1. The summed E-state index contributed by atoms with van der Waals surface area (Å²) < 4.78 is 0. The summed E-state index contributed by atoms with van der Waals surface area (Å²) in [6.07, 6.45) is 3.07. The molecule has 0 aromatic carbocycles. The molecule has 0 spiro atoms. The first-order valence-corrected chi connectivity index (χ1v) is 11.1. The standard InChI is InChI=1S/C18H32N8O4.C2H4O2/c19-10-14(27)25-8-3-6-13(25)16(29)24-11(4-1-7-23-18(21)22)17(30)26-9-2-5-12(26)15(20)28;1-2(3)4/h11-13H,1-10,19H2,(H2,20,28)(H,24,29)(H4,21,22,23);1H3,(H,3,4)/t11-,12-,13-;/m0./s1. The number of rotatable bonds is 9. The zero-order valence-electron chi connectivity index (χ0n) is 19.4. The van der Waals surface area contributed by atoms with Gasteiger partial charge in [-0.05, 0) is 38.5 Å². The fourth-order valence-corrected chi connectivity index (χ4v) is 4.01. The third kappa shape index (κ3) is 8.84. The van der Waals surface area contributed by atoms with Crippen LogP contribution in [0.4, 0.5) is 0 Å². The van der Waals surface area contributed by atoms with Gasteiger partial charge in [0.25, 0.3) is 5.97 Å². The lowest BCUT2D eigenvalue weighted by molar-refractivity contribution is -0.142. The smallest absolute Gasteiger partial charge is 0.300 e. The van der Waals surface area contributed by atoms with Crippen molar-refractivity contribution in [3.8, 4) is 0 Å². The molecule has 2 heterocycles. The van der Waals surface area contributed by atoms with E-state index >= 15 is 0 Å². The van der Waals surface area contributed by atoms with Crippen LogP contribution in [-0.2, 0) is 24.0 Å². The van der Waals surface area contributed by atoms with Crippen molar-refractivity contribution in [1.82, 2.24) is 15.1 Å². The summed E-state index contributed by atoms with van der Waals surface area (Å²) in [5, 5.41) is 10.2. The molecule has 14 heteroatoms. The maximum absolute atomic E-state index is 13.1. The summed E-state index contributed by atoms with van der Waals surface area (Å²) in [5.41, 5.74) is 21.5. The van der Waals surface area contributed by atoms with Crippen LogP contribution in [0.15, 0.2) is 4.99 Å². The van der Waals surface area contributed by atoms with Gasteiger partial charge in [-0.1, -0.05) is 0 Å². The van der Waals surface area contributed by atoms with Crippen LogP contribution in [0.25, 0.3) is 0 Å². The molecule has 2 fully saturated rings. The number of carboxylic acids is 1. The second-order valence-corrected chi connectivity index (χ2v) is 8.07. The zero-order chi connectivity index (χ0) is 25.8. The number of nitrogens with zero attached hydrogens (tertiary/aromatic N) is 3. The average Bonchev–Trinajstić information content (AvgIpc) is 3.44. The lowest BCUT2D eigenvalue weighted by atomic mass is 10.1. The molecule has 4 amide bonds. The molecule has 0 aromatic heterocycles. The third-order valence-electron chi connectivity index (χ3n) is 5.47. The van der Waals surface area contributed by atoms with Crippen LogP contribution in [0.2, 0.25) is 0 Å². The highest BCUT2D eigenvalue weighted by atomic mass is 16.4. The average molecular weight is 485 g/mol. The number of likely N-dealkylation sites (tertiary alicyclic amines) is 2. The Balaban J connectivity index is 0.00000133. The monoisotopic (exact) mass is 484 g/mol. The summed E-state index contributed by atoms with van der Waals surface area (Å²) >= 11 is 0. The second kappa shape index (κ2) is 14.0. The second-order valence-electron chi connectivity index (χ2n) is 8.07. The molecule has 34 heavy (non-hydrogen) atoms. The SMILES string of the molecule is CC(=O)O.NCC(=O)N1CCC[C@H]1C(=O)N[C@@H](CCCN=C(N)N)C(=O)N1CCC[C@H]1C(N)=O. The Morgan fingerprint density at radius 1 is 1.03 bits per heavy atom. The molecule has 2 saturated heterocycles. The van der Waals surface area contributed by atoms with Crippen molar-refractivity contribution in [3.63, 3.8) is 0 Å². The van der Waals surface area contributed by atoms with Crippen molar-refractivity contribution < 1.29 is 29.1 Å². The number of carboxylic acid groups (broad SMARTS) is 1. The minimum atomic E-state index is -0.873. The molecular formula is C20H36N8O6. The van der Waals surface area contributed by atoms with Gasteiger partial charge in [0.15, 0.2) is 5.96 Å².